The van der Waals surface area contributed by atoms with Gasteiger partial charge in [0.1, 0.15) is 0 Å². The standard InChI is InChI=1S/C21H22N10/c1-10-16-12(5-3-7-14(16)28-20(26-10)30-18(22)23)9-13-6-4-8-15-17(13)11(2)27-21(29-15)31-19(24)25/h3-8H,9H2,1-2H3,(H4,22,23,26,28,30)(H4,24,25,27,29,31). The van der Waals surface area contributed by atoms with Crippen LogP contribution in [0, 0.1) is 13.8 Å². The monoisotopic (exact) mass is 414 g/mol. The quantitative estimate of drug-likeness (QED) is 0.287. The van der Waals surface area contributed by atoms with Crippen molar-refractivity contribution in [3.05, 3.63) is 58.9 Å². The Kier molecular flexibility index (Phi) is 5.04. The summed E-state index contributed by atoms with van der Waals surface area (Å²) in [6.45, 7) is 3.83. The number of aliphatic imine (C=N–C) groups is 2. The predicted octanol–water partition coefficient (Wildman–Crippen LogP) is 1.59. The zero-order valence-corrected chi connectivity index (χ0v) is 17.2. The van der Waals surface area contributed by atoms with E-state index in [1.165, 1.54) is 0 Å². The molecule has 0 saturated carbocycles. The van der Waals surface area contributed by atoms with Crippen molar-refractivity contribution in [1.82, 2.24) is 19.9 Å². The molecular weight excluding hydrogens is 392 g/mol. The van der Waals surface area contributed by atoms with Crippen LogP contribution in [0.5, 0.6) is 0 Å². The summed E-state index contributed by atoms with van der Waals surface area (Å²) >= 11 is 0. The minimum absolute atomic E-state index is 0.0822. The summed E-state index contributed by atoms with van der Waals surface area (Å²) in [6, 6.07) is 11.9. The van der Waals surface area contributed by atoms with Gasteiger partial charge in [-0.15, -0.1) is 0 Å². The molecule has 10 heteroatoms. The molecule has 156 valence electrons. The van der Waals surface area contributed by atoms with Crippen molar-refractivity contribution in [2.24, 2.45) is 32.9 Å². The van der Waals surface area contributed by atoms with Gasteiger partial charge < -0.3 is 22.9 Å². The first-order chi connectivity index (χ1) is 14.8. The number of hydrogen-bond acceptors (Lipinski definition) is 6. The van der Waals surface area contributed by atoms with Gasteiger partial charge in [-0.25, -0.2) is 19.9 Å². The number of aryl methyl sites for hydroxylation is 2. The largest absolute Gasteiger partial charge is 0.370 e. The fraction of sp³-hybridized carbons (Fsp3) is 0.143. The minimum Gasteiger partial charge on any atom is -0.370 e. The Labute approximate surface area is 178 Å². The molecule has 0 bridgehead atoms. The maximum Gasteiger partial charge on any atom is 0.253 e. The summed E-state index contributed by atoms with van der Waals surface area (Å²) in [5, 5.41) is 1.93. The number of nitrogens with two attached hydrogens (primary N) is 4. The molecule has 0 unspecified atom stereocenters. The third-order valence-corrected chi connectivity index (χ3v) is 4.80. The van der Waals surface area contributed by atoms with Gasteiger partial charge in [-0.2, -0.15) is 9.98 Å². The van der Waals surface area contributed by atoms with Gasteiger partial charge in [0.25, 0.3) is 11.9 Å². The van der Waals surface area contributed by atoms with E-state index in [0.29, 0.717) is 6.42 Å². The van der Waals surface area contributed by atoms with Gasteiger partial charge in [0.15, 0.2) is 11.9 Å². The molecule has 0 saturated heterocycles. The molecule has 2 heterocycles. The number of guanidine groups is 2. The Morgan fingerprint density at radius 3 is 1.48 bits per heavy atom. The summed E-state index contributed by atoms with van der Waals surface area (Å²) < 4.78 is 0. The van der Waals surface area contributed by atoms with E-state index in [1.54, 1.807) is 0 Å². The SMILES string of the molecule is Cc1nc(N=C(N)N)nc2cccc(Cc3cccc4nc(N=C(N)N)nc(C)c34)c12. The third-order valence-electron chi connectivity index (χ3n) is 4.80. The Morgan fingerprint density at radius 1 is 0.677 bits per heavy atom. The molecule has 0 aliphatic rings. The van der Waals surface area contributed by atoms with E-state index in [0.717, 1.165) is 44.3 Å². The zero-order chi connectivity index (χ0) is 22.1. The third kappa shape index (κ3) is 4.04. The lowest BCUT2D eigenvalue weighted by Crippen LogP contribution is -2.22. The number of fused-ring (bicyclic) bond motifs is 2. The molecule has 4 aromatic rings. The molecule has 4 rings (SSSR count). The number of benzene rings is 2. The molecule has 10 nitrogen and oxygen atoms in total. The van der Waals surface area contributed by atoms with Crippen LogP contribution in [-0.4, -0.2) is 31.9 Å². The smallest absolute Gasteiger partial charge is 0.253 e. The molecule has 0 amide bonds. The van der Waals surface area contributed by atoms with Crippen LogP contribution in [0.25, 0.3) is 21.8 Å². The van der Waals surface area contributed by atoms with Gasteiger partial charge in [-0.3, -0.25) is 0 Å². The number of hydrogen-bond donors (Lipinski definition) is 4. The van der Waals surface area contributed by atoms with Crippen LogP contribution in [0.1, 0.15) is 22.5 Å². The highest BCUT2D eigenvalue weighted by atomic mass is 15.1. The Hall–Kier alpha value is -4.34. The van der Waals surface area contributed by atoms with Gasteiger partial charge in [-0.05, 0) is 43.5 Å². The second kappa shape index (κ2) is 7.82. The van der Waals surface area contributed by atoms with E-state index in [9.17, 15) is 0 Å². The lowest BCUT2D eigenvalue weighted by atomic mass is 9.96. The average Bonchev–Trinajstić information content (AvgIpc) is 2.66. The van der Waals surface area contributed by atoms with E-state index in [1.807, 2.05) is 38.1 Å². The molecule has 0 fully saturated rings. The van der Waals surface area contributed by atoms with Gasteiger partial charge in [0, 0.05) is 10.8 Å². The summed E-state index contributed by atoms with van der Waals surface area (Å²) in [4.78, 5) is 25.8. The highest BCUT2D eigenvalue weighted by Crippen LogP contribution is 2.28. The number of nitrogens with zero attached hydrogens (tertiary/aromatic N) is 6. The summed E-state index contributed by atoms with van der Waals surface area (Å²) in [5.41, 5.74) is 27.2. The summed E-state index contributed by atoms with van der Waals surface area (Å²) in [7, 11) is 0. The highest BCUT2D eigenvalue weighted by Gasteiger charge is 2.13. The van der Waals surface area contributed by atoms with Gasteiger partial charge in [0.2, 0.25) is 0 Å². The molecule has 31 heavy (non-hydrogen) atoms. The average molecular weight is 414 g/mol. The van der Waals surface area contributed by atoms with Crippen LogP contribution >= 0.6 is 0 Å². The van der Waals surface area contributed by atoms with Gasteiger partial charge in [-0.1, -0.05) is 24.3 Å². The van der Waals surface area contributed by atoms with Gasteiger partial charge in [0.05, 0.1) is 22.4 Å². The molecule has 8 N–H and O–H groups in total. The van der Waals surface area contributed by atoms with E-state index in [-0.39, 0.29) is 23.8 Å². The van der Waals surface area contributed by atoms with Crippen LogP contribution in [0.2, 0.25) is 0 Å². The number of rotatable bonds is 4. The Morgan fingerprint density at radius 2 is 1.10 bits per heavy atom. The van der Waals surface area contributed by atoms with Gasteiger partial charge >= 0.3 is 0 Å². The lowest BCUT2D eigenvalue weighted by Gasteiger charge is -2.12. The highest BCUT2D eigenvalue weighted by molar-refractivity contribution is 5.89. The van der Waals surface area contributed by atoms with Crippen molar-refractivity contribution < 1.29 is 0 Å². The molecule has 0 radical (unpaired) electrons. The zero-order valence-electron chi connectivity index (χ0n) is 17.2. The first-order valence-corrected chi connectivity index (χ1v) is 9.53. The maximum atomic E-state index is 5.47. The summed E-state index contributed by atoms with van der Waals surface area (Å²) in [5.74, 6) is 0.315. The summed E-state index contributed by atoms with van der Waals surface area (Å²) in [6.07, 6.45) is 0.645. The molecule has 0 aliphatic carbocycles. The topological polar surface area (TPSA) is 180 Å². The second-order valence-electron chi connectivity index (χ2n) is 7.09. The van der Waals surface area contributed by atoms with E-state index in [2.05, 4.69) is 42.1 Å². The van der Waals surface area contributed by atoms with Crippen LogP contribution < -0.4 is 22.9 Å². The predicted molar refractivity (Wildman–Crippen MR) is 122 cm³/mol. The molecule has 0 atom stereocenters. The molecule has 0 aliphatic heterocycles. The first kappa shape index (κ1) is 20.0. The van der Waals surface area contributed by atoms with Crippen LogP contribution in [0.15, 0.2) is 46.4 Å². The molecular formula is C21H22N10. The molecule has 2 aromatic carbocycles. The van der Waals surface area contributed by atoms with Crippen molar-refractivity contribution in [3.63, 3.8) is 0 Å². The van der Waals surface area contributed by atoms with Crippen molar-refractivity contribution in [3.8, 4) is 0 Å². The molecule has 0 spiro atoms. The maximum absolute atomic E-state index is 5.47. The van der Waals surface area contributed by atoms with Crippen molar-refractivity contribution >= 4 is 45.6 Å². The fourth-order valence-corrected chi connectivity index (χ4v) is 3.70. The van der Waals surface area contributed by atoms with Crippen LogP contribution in [0.4, 0.5) is 11.9 Å². The van der Waals surface area contributed by atoms with Crippen LogP contribution in [-0.2, 0) is 6.42 Å². The molecule has 2 aromatic heterocycles. The van der Waals surface area contributed by atoms with Crippen molar-refractivity contribution in [2.75, 3.05) is 0 Å². The van der Waals surface area contributed by atoms with Crippen LogP contribution in [0.3, 0.4) is 0 Å². The van der Waals surface area contributed by atoms with E-state index < -0.39 is 0 Å². The second-order valence-corrected chi connectivity index (χ2v) is 7.09. The number of aromatic nitrogens is 4. The fourth-order valence-electron chi connectivity index (χ4n) is 3.70. The van der Waals surface area contributed by atoms with Crippen molar-refractivity contribution in [2.45, 2.75) is 20.3 Å². The first-order valence-electron chi connectivity index (χ1n) is 9.53. The lowest BCUT2D eigenvalue weighted by molar-refractivity contribution is 1.10. The normalized spacial score (nSPS) is 10.9. The Bertz CT molecular complexity index is 1260. The van der Waals surface area contributed by atoms with E-state index >= 15 is 0 Å². The Balaban J connectivity index is 1.84. The minimum atomic E-state index is -0.0822. The van der Waals surface area contributed by atoms with Crippen molar-refractivity contribution in [1.29, 1.82) is 0 Å². The van der Waals surface area contributed by atoms with E-state index in [4.69, 9.17) is 22.9 Å².